The maximum Gasteiger partial charge on any atom is 0.329 e. The van der Waals surface area contributed by atoms with Crippen LogP contribution in [-0.4, -0.2) is 52.5 Å². The van der Waals surface area contributed by atoms with E-state index in [1.165, 1.54) is 5.70 Å². The molecule has 0 radical (unpaired) electrons. The van der Waals surface area contributed by atoms with Gasteiger partial charge >= 0.3 is 5.97 Å². The first kappa shape index (κ1) is 14.0. The lowest BCUT2D eigenvalue weighted by atomic mass is 10.00. The van der Waals surface area contributed by atoms with Gasteiger partial charge in [0.15, 0.2) is 0 Å². The van der Waals surface area contributed by atoms with Gasteiger partial charge in [-0.05, 0) is 43.8 Å². The zero-order valence-corrected chi connectivity index (χ0v) is 12.2. The van der Waals surface area contributed by atoms with Crippen molar-refractivity contribution in [1.29, 1.82) is 0 Å². The van der Waals surface area contributed by atoms with Crippen molar-refractivity contribution in [2.24, 2.45) is 0 Å². The highest BCUT2D eigenvalue weighted by Gasteiger charge is 2.51. The predicted molar refractivity (Wildman–Crippen MR) is 78.3 cm³/mol. The molecule has 6 heteroatoms. The molecule has 2 aliphatic heterocycles. The fraction of sp³-hybridized carbons (Fsp3) is 0.643. The Hall–Kier alpha value is -0.980. The van der Waals surface area contributed by atoms with Crippen LogP contribution in [0.25, 0.3) is 0 Å². The van der Waals surface area contributed by atoms with Crippen molar-refractivity contribution >= 4 is 17.9 Å². The molecule has 2 saturated heterocycles. The van der Waals surface area contributed by atoms with Crippen LogP contribution < -0.4 is 5.32 Å². The minimum absolute atomic E-state index is 0.00253. The summed E-state index contributed by atoms with van der Waals surface area (Å²) in [5, 5.41) is 12.2. The van der Waals surface area contributed by atoms with Crippen molar-refractivity contribution in [2.45, 2.75) is 30.1 Å². The third-order valence-corrected chi connectivity index (χ3v) is 5.66. The number of nitrogens with one attached hydrogen (secondary N) is 1. The molecule has 1 aliphatic carbocycles. The van der Waals surface area contributed by atoms with Gasteiger partial charge in [0, 0.05) is 12.2 Å². The summed E-state index contributed by atoms with van der Waals surface area (Å²) in [6.07, 6.45) is 9.58. The molecule has 110 valence electrons. The molecule has 0 bridgehead atoms. The van der Waals surface area contributed by atoms with E-state index >= 15 is 0 Å². The van der Waals surface area contributed by atoms with Gasteiger partial charge in [-0.1, -0.05) is 12.2 Å². The summed E-state index contributed by atoms with van der Waals surface area (Å²) in [5.74, 6) is -0.894. The Morgan fingerprint density at radius 3 is 3.20 bits per heavy atom. The fourth-order valence-corrected chi connectivity index (χ4v) is 4.56. The Morgan fingerprint density at radius 1 is 1.65 bits per heavy atom. The maximum atomic E-state index is 10.8. The maximum absolute atomic E-state index is 10.8. The fourth-order valence-electron chi connectivity index (χ4n) is 3.02. The zero-order chi connectivity index (χ0) is 14.0. The first-order valence-electron chi connectivity index (χ1n) is 7.06. The van der Waals surface area contributed by atoms with Gasteiger partial charge in [0.05, 0.1) is 17.4 Å². The number of hydrogen-bond donors (Lipinski definition) is 2. The van der Waals surface area contributed by atoms with Crippen molar-refractivity contribution in [3.63, 3.8) is 0 Å². The second-order valence-corrected chi connectivity index (χ2v) is 6.90. The molecule has 5 nitrogen and oxygen atoms in total. The molecular formula is C14H20N2O3S. The van der Waals surface area contributed by atoms with Crippen molar-refractivity contribution in [3.8, 4) is 0 Å². The molecule has 2 atom stereocenters. The van der Waals surface area contributed by atoms with Gasteiger partial charge in [-0.15, -0.1) is 0 Å². The molecule has 3 rings (SSSR count). The van der Waals surface area contributed by atoms with E-state index in [-0.39, 0.29) is 17.5 Å². The Bertz CT molecular complexity index is 444. The summed E-state index contributed by atoms with van der Waals surface area (Å²) in [6.45, 7) is 2.44. The Balaban J connectivity index is 1.72. The van der Waals surface area contributed by atoms with E-state index in [9.17, 15) is 4.79 Å². The third-order valence-electron chi connectivity index (χ3n) is 4.08. The van der Waals surface area contributed by atoms with E-state index < -0.39 is 5.97 Å². The molecule has 0 saturated carbocycles. The molecule has 0 unspecified atom stereocenters. The van der Waals surface area contributed by atoms with Gasteiger partial charge in [-0.25, -0.2) is 4.79 Å². The SMILES string of the molecule is O=C(O)CO[C@H]1CN(C2=CC=CCC2)S[C@@]12CCNC2. The van der Waals surface area contributed by atoms with Crippen molar-refractivity contribution in [2.75, 3.05) is 26.2 Å². The molecule has 0 aromatic rings. The molecule has 0 aromatic carbocycles. The number of aliphatic carboxylic acids is 1. The van der Waals surface area contributed by atoms with Crippen LogP contribution in [0.2, 0.25) is 0 Å². The molecule has 20 heavy (non-hydrogen) atoms. The summed E-state index contributed by atoms with van der Waals surface area (Å²) in [7, 11) is 0. The van der Waals surface area contributed by atoms with Crippen LogP contribution in [-0.2, 0) is 9.53 Å². The van der Waals surface area contributed by atoms with Gasteiger partial charge in [0.25, 0.3) is 0 Å². The van der Waals surface area contributed by atoms with Crippen LogP contribution in [0.1, 0.15) is 19.3 Å². The van der Waals surface area contributed by atoms with Gasteiger partial charge in [0.2, 0.25) is 0 Å². The summed E-state index contributed by atoms with van der Waals surface area (Å²) < 4.78 is 7.98. The van der Waals surface area contributed by atoms with E-state index in [1.807, 2.05) is 11.9 Å². The van der Waals surface area contributed by atoms with Crippen molar-refractivity contribution in [1.82, 2.24) is 9.62 Å². The minimum Gasteiger partial charge on any atom is -0.480 e. The first-order valence-corrected chi connectivity index (χ1v) is 7.83. The molecule has 0 amide bonds. The molecule has 1 spiro atoms. The highest BCUT2D eigenvalue weighted by Crippen LogP contribution is 2.47. The second-order valence-electron chi connectivity index (χ2n) is 5.46. The molecular weight excluding hydrogens is 276 g/mol. The van der Waals surface area contributed by atoms with Crippen molar-refractivity contribution in [3.05, 3.63) is 23.9 Å². The number of carbonyl (C=O) groups is 1. The summed E-state index contributed by atoms with van der Waals surface area (Å²) in [6, 6.07) is 0. The smallest absolute Gasteiger partial charge is 0.329 e. The van der Waals surface area contributed by atoms with Crippen LogP contribution in [0.15, 0.2) is 23.9 Å². The number of nitrogens with zero attached hydrogens (tertiary/aromatic N) is 1. The lowest BCUT2D eigenvalue weighted by Crippen LogP contribution is -2.41. The molecule has 3 aliphatic rings. The van der Waals surface area contributed by atoms with E-state index in [1.54, 1.807) is 0 Å². The van der Waals surface area contributed by atoms with Gasteiger partial charge in [-0.2, -0.15) is 0 Å². The van der Waals surface area contributed by atoms with E-state index in [2.05, 4.69) is 27.9 Å². The largest absolute Gasteiger partial charge is 0.480 e. The number of hydrogen-bond acceptors (Lipinski definition) is 5. The van der Waals surface area contributed by atoms with Crippen LogP contribution >= 0.6 is 11.9 Å². The van der Waals surface area contributed by atoms with Crippen LogP contribution in [0.5, 0.6) is 0 Å². The average molecular weight is 296 g/mol. The van der Waals surface area contributed by atoms with Gasteiger partial charge < -0.3 is 19.5 Å². The Labute approximate surface area is 123 Å². The van der Waals surface area contributed by atoms with Crippen LogP contribution in [0.4, 0.5) is 0 Å². The lowest BCUT2D eigenvalue weighted by molar-refractivity contribution is -0.144. The number of allylic oxidation sites excluding steroid dienone is 4. The third kappa shape index (κ3) is 2.73. The topological polar surface area (TPSA) is 61.8 Å². The van der Waals surface area contributed by atoms with E-state index in [4.69, 9.17) is 9.84 Å². The zero-order valence-electron chi connectivity index (χ0n) is 11.4. The average Bonchev–Trinajstić information content (AvgIpc) is 3.06. The number of ether oxygens (including phenoxy) is 1. The summed E-state index contributed by atoms with van der Waals surface area (Å²) >= 11 is 1.84. The van der Waals surface area contributed by atoms with Crippen molar-refractivity contribution < 1.29 is 14.6 Å². The number of carboxylic acids is 1. The first-order chi connectivity index (χ1) is 9.70. The Morgan fingerprint density at radius 2 is 2.55 bits per heavy atom. The quantitative estimate of drug-likeness (QED) is 0.765. The number of rotatable bonds is 4. The minimum atomic E-state index is -0.894. The van der Waals surface area contributed by atoms with E-state index in [0.29, 0.717) is 0 Å². The van der Waals surface area contributed by atoms with Gasteiger partial charge in [0.1, 0.15) is 6.61 Å². The van der Waals surface area contributed by atoms with Crippen LogP contribution in [0.3, 0.4) is 0 Å². The van der Waals surface area contributed by atoms with Crippen LogP contribution in [0, 0.1) is 0 Å². The highest BCUT2D eigenvalue weighted by atomic mass is 32.2. The predicted octanol–water partition coefficient (Wildman–Crippen LogP) is 1.39. The standard InChI is InChI=1S/C14H20N2O3S/c17-13(18)9-19-12-8-16(11-4-2-1-3-5-11)20-14(12)6-7-15-10-14/h1-2,4,12,15H,3,5-10H2,(H,17,18)/t12-,14+/m0/s1. The molecule has 2 heterocycles. The Kier molecular flexibility index (Phi) is 4.05. The van der Waals surface area contributed by atoms with E-state index in [0.717, 1.165) is 38.9 Å². The normalized spacial score (nSPS) is 32.9. The molecule has 2 fully saturated rings. The summed E-state index contributed by atoms with van der Waals surface area (Å²) in [5.41, 5.74) is 1.32. The molecule has 0 aromatic heterocycles. The van der Waals surface area contributed by atoms with Gasteiger partial charge in [-0.3, -0.25) is 0 Å². The lowest BCUT2D eigenvalue weighted by Gasteiger charge is -2.27. The second kappa shape index (κ2) is 5.79. The highest BCUT2D eigenvalue weighted by molar-refractivity contribution is 7.98. The monoisotopic (exact) mass is 296 g/mol. The molecule has 2 N–H and O–H groups in total. The number of carboxylic acid groups (broad SMARTS) is 1. The summed E-state index contributed by atoms with van der Waals surface area (Å²) in [4.78, 5) is 10.8.